The maximum Gasteiger partial charge on any atom is 0.260 e. The molecule has 3 aliphatic rings. The first-order valence-corrected chi connectivity index (χ1v) is 10.8. The van der Waals surface area contributed by atoms with Crippen molar-refractivity contribution in [3.05, 3.63) is 0 Å². The van der Waals surface area contributed by atoms with Crippen LogP contribution in [0, 0.1) is 11.3 Å². The molecule has 0 aromatic heterocycles. The van der Waals surface area contributed by atoms with E-state index in [2.05, 4.69) is 37.9 Å². The molecule has 0 unspecified atom stereocenters. The highest BCUT2D eigenvalue weighted by Gasteiger charge is 2.36. The predicted octanol–water partition coefficient (Wildman–Crippen LogP) is 4.23. The molecule has 154 valence electrons. The van der Waals surface area contributed by atoms with Gasteiger partial charge in [0.1, 0.15) is 0 Å². The van der Waals surface area contributed by atoms with Crippen LogP contribution in [0.15, 0.2) is 0 Å². The fourth-order valence-corrected chi connectivity index (χ4v) is 4.69. The number of halogens is 2. The molecule has 3 nitrogen and oxygen atoms in total. The second-order valence-corrected chi connectivity index (χ2v) is 9.47. The number of nitrogens with zero attached hydrogens (tertiary/aromatic N) is 2. The smallest absolute Gasteiger partial charge is 0.260 e. The molecule has 0 radical (unpaired) electrons. The van der Waals surface area contributed by atoms with E-state index >= 15 is 0 Å². The molecule has 3 rings (SSSR count). The zero-order chi connectivity index (χ0) is 19.2. The molecule has 0 atom stereocenters. The Morgan fingerprint density at radius 1 is 0.885 bits per heavy atom. The van der Waals surface area contributed by atoms with Gasteiger partial charge in [-0.3, -0.25) is 4.90 Å². The number of hydrogen-bond donors (Lipinski definition) is 1. The molecule has 3 heterocycles. The van der Waals surface area contributed by atoms with Crippen molar-refractivity contribution in [2.45, 2.75) is 78.2 Å². The van der Waals surface area contributed by atoms with Gasteiger partial charge in [0.2, 0.25) is 0 Å². The molecule has 1 N–H and O–H groups in total. The van der Waals surface area contributed by atoms with Crippen LogP contribution in [-0.4, -0.2) is 67.6 Å². The van der Waals surface area contributed by atoms with E-state index in [9.17, 15) is 8.78 Å². The number of hydrogen-bond acceptors (Lipinski definition) is 3. The van der Waals surface area contributed by atoms with Crippen LogP contribution in [-0.2, 0) is 0 Å². The van der Waals surface area contributed by atoms with Gasteiger partial charge in [-0.1, -0.05) is 13.8 Å². The summed E-state index contributed by atoms with van der Waals surface area (Å²) < 4.78 is 25.7. The summed E-state index contributed by atoms with van der Waals surface area (Å²) in [6.07, 6.45) is 6.42. The standard InChI is InChI=1S/C12H24N2.C9H17F2N/c1-11(2)14-9-5-12(6-10-14)3-7-13-8-4-12;1-8(2)6-12-5-3-4-9(10,11)7-12/h11,13H,3-10H2,1-2H3;8H,3-7H2,1-2H3. The van der Waals surface area contributed by atoms with Crippen LogP contribution in [0.25, 0.3) is 0 Å². The second-order valence-electron chi connectivity index (χ2n) is 9.47. The highest BCUT2D eigenvalue weighted by atomic mass is 19.3. The Bertz CT molecular complexity index is 396. The number of nitrogens with one attached hydrogen (secondary N) is 1. The minimum Gasteiger partial charge on any atom is -0.317 e. The lowest BCUT2D eigenvalue weighted by Gasteiger charge is -2.45. The Labute approximate surface area is 159 Å². The van der Waals surface area contributed by atoms with E-state index in [4.69, 9.17) is 0 Å². The molecule has 0 saturated carbocycles. The molecule has 0 aliphatic carbocycles. The van der Waals surface area contributed by atoms with Crippen molar-refractivity contribution in [2.24, 2.45) is 11.3 Å². The summed E-state index contributed by atoms with van der Waals surface area (Å²) in [6, 6.07) is 0.745. The summed E-state index contributed by atoms with van der Waals surface area (Å²) >= 11 is 0. The molecule has 3 fully saturated rings. The average Bonchev–Trinajstić information content (AvgIpc) is 2.55. The van der Waals surface area contributed by atoms with Crippen LogP contribution in [0.2, 0.25) is 0 Å². The van der Waals surface area contributed by atoms with Gasteiger partial charge in [-0.2, -0.15) is 0 Å². The Hall–Kier alpha value is -0.260. The van der Waals surface area contributed by atoms with Crippen LogP contribution < -0.4 is 5.32 Å². The third-order valence-electron chi connectivity index (χ3n) is 6.35. The van der Waals surface area contributed by atoms with Crippen LogP contribution >= 0.6 is 0 Å². The van der Waals surface area contributed by atoms with Gasteiger partial charge in [-0.25, -0.2) is 8.78 Å². The van der Waals surface area contributed by atoms with Crippen molar-refractivity contribution in [3.8, 4) is 0 Å². The molecule has 3 aliphatic heterocycles. The maximum atomic E-state index is 12.9. The van der Waals surface area contributed by atoms with Gasteiger partial charge in [0.05, 0.1) is 6.54 Å². The highest BCUT2D eigenvalue weighted by Crippen LogP contribution is 2.39. The third-order valence-corrected chi connectivity index (χ3v) is 6.35. The Morgan fingerprint density at radius 2 is 1.50 bits per heavy atom. The number of alkyl halides is 2. The maximum absolute atomic E-state index is 12.9. The fourth-order valence-electron chi connectivity index (χ4n) is 4.69. The summed E-state index contributed by atoms with van der Waals surface area (Å²) in [5, 5.41) is 3.48. The predicted molar refractivity (Wildman–Crippen MR) is 106 cm³/mol. The fraction of sp³-hybridized carbons (Fsp3) is 1.00. The minimum absolute atomic E-state index is 0.0365. The highest BCUT2D eigenvalue weighted by molar-refractivity contribution is 4.90. The Balaban J connectivity index is 0.000000190. The first kappa shape index (κ1) is 22.0. The lowest BCUT2D eigenvalue weighted by molar-refractivity contribution is -0.0660. The van der Waals surface area contributed by atoms with Crippen LogP contribution in [0.1, 0.15) is 66.2 Å². The van der Waals surface area contributed by atoms with E-state index in [1.807, 2.05) is 4.90 Å². The van der Waals surface area contributed by atoms with Crippen molar-refractivity contribution in [1.82, 2.24) is 15.1 Å². The number of likely N-dealkylation sites (tertiary alicyclic amines) is 2. The summed E-state index contributed by atoms with van der Waals surface area (Å²) in [7, 11) is 0. The lowest BCUT2D eigenvalue weighted by Crippen LogP contribution is -2.47. The average molecular weight is 374 g/mol. The monoisotopic (exact) mass is 373 g/mol. The lowest BCUT2D eigenvalue weighted by atomic mass is 9.71. The SMILES string of the molecule is CC(C)CN1CCCC(F)(F)C1.CC(C)N1CCC2(CCNCC2)CC1. The van der Waals surface area contributed by atoms with E-state index in [1.165, 1.54) is 51.9 Å². The number of piperidine rings is 3. The van der Waals surface area contributed by atoms with Crippen molar-refractivity contribution >= 4 is 0 Å². The Kier molecular flexibility index (Phi) is 8.30. The zero-order valence-electron chi connectivity index (χ0n) is 17.5. The summed E-state index contributed by atoms with van der Waals surface area (Å²) in [5.74, 6) is -1.95. The molecule has 1 spiro atoms. The van der Waals surface area contributed by atoms with Gasteiger partial charge < -0.3 is 10.2 Å². The van der Waals surface area contributed by atoms with Crippen molar-refractivity contribution in [1.29, 1.82) is 0 Å². The first-order chi connectivity index (χ1) is 12.2. The van der Waals surface area contributed by atoms with E-state index in [0.29, 0.717) is 12.3 Å². The first-order valence-electron chi connectivity index (χ1n) is 10.8. The van der Waals surface area contributed by atoms with Gasteiger partial charge >= 0.3 is 0 Å². The van der Waals surface area contributed by atoms with Gasteiger partial charge in [-0.15, -0.1) is 0 Å². The summed E-state index contributed by atoms with van der Waals surface area (Å²) in [4.78, 5) is 4.50. The number of rotatable bonds is 3. The molecule has 0 bridgehead atoms. The van der Waals surface area contributed by atoms with E-state index in [1.54, 1.807) is 0 Å². The molecule has 0 amide bonds. The van der Waals surface area contributed by atoms with E-state index in [-0.39, 0.29) is 13.0 Å². The molecule has 26 heavy (non-hydrogen) atoms. The van der Waals surface area contributed by atoms with Gasteiger partial charge in [0.25, 0.3) is 5.92 Å². The molecular formula is C21H41F2N3. The molecule has 5 heteroatoms. The topological polar surface area (TPSA) is 18.5 Å². The van der Waals surface area contributed by atoms with E-state index < -0.39 is 5.92 Å². The van der Waals surface area contributed by atoms with Gasteiger partial charge in [-0.05, 0) is 90.0 Å². The van der Waals surface area contributed by atoms with E-state index in [0.717, 1.165) is 24.5 Å². The Morgan fingerprint density at radius 3 is 2.00 bits per heavy atom. The molecule has 3 saturated heterocycles. The van der Waals surface area contributed by atoms with Gasteiger partial charge in [0, 0.05) is 19.0 Å². The van der Waals surface area contributed by atoms with Crippen LogP contribution in [0.3, 0.4) is 0 Å². The van der Waals surface area contributed by atoms with Crippen molar-refractivity contribution in [2.75, 3.05) is 45.8 Å². The second kappa shape index (κ2) is 9.79. The van der Waals surface area contributed by atoms with Crippen LogP contribution in [0.5, 0.6) is 0 Å². The molecule has 0 aromatic rings. The third kappa shape index (κ3) is 7.05. The normalized spacial score (nSPS) is 26.8. The molecular weight excluding hydrogens is 332 g/mol. The van der Waals surface area contributed by atoms with Crippen LogP contribution in [0.4, 0.5) is 8.78 Å². The minimum atomic E-state index is -2.44. The quantitative estimate of drug-likeness (QED) is 0.798. The van der Waals surface area contributed by atoms with Gasteiger partial charge in [0.15, 0.2) is 0 Å². The van der Waals surface area contributed by atoms with Crippen molar-refractivity contribution < 1.29 is 8.78 Å². The summed E-state index contributed by atoms with van der Waals surface area (Å²) in [5.41, 5.74) is 0.719. The molecule has 0 aromatic carbocycles. The van der Waals surface area contributed by atoms with Crippen molar-refractivity contribution in [3.63, 3.8) is 0 Å². The largest absolute Gasteiger partial charge is 0.317 e. The zero-order valence-corrected chi connectivity index (χ0v) is 17.5. The summed E-state index contributed by atoms with van der Waals surface area (Å²) in [6.45, 7) is 15.5.